The Bertz CT molecular complexity index is 904. The summed E-state index contributed by atoms with van der Waals surface area (Å²) in [4.78, 5) is 30.5. The van der Waals surface area contributed by atoms with Crippen LogP contribution < -0.4 is 10.9 Å². The van der Waals surface area contributed by atoms with Crippen molar-refractivity contribution in [1.29, 1.82) is 0 Å². The van der Waals surface area contributed by atoms with Crippen LogP contribution in [0.5, 0.6) is 0 Å². The normalized spacial score (nSPS) is 11.2. The van der Waals surface area contributed by atoms with Crippen molar-refractivity contribution < 1.29 is 13.2 Å². The second-order valence-electron chi connectivity index (χ2n) is 5.45. The summed E-state index contributed by atoms with van der Waals surface area (Å²) in [6.45, 7) is 1.91. The number of benzene rings is 1. The number of H-pyrrole nitrogens is 1. The number of carbonyl (C=O) groups excluding carboxylic acids is 1. The largest absolute Gasteiger partial charge is 0.326 e. The van der Waals surface area contributed by atoms with Crippen molar-refractivity contribution in [2.24, 2.45) is 0 Å². The number of nitrogens with one attached hydrogen (secondary N) is 2. The number of rotatable bonds is 6. The molecule has 0 saturated heterocycles. The van der Waals surface area contributed by atoms with Crippen molar-refractivity contribution >= 4 is 21.4 Å². The van der Waals surface area contributed by atoms with Crippen LogP contribution in [0, 0.1) is 0 Å². The van der Waals surface area contributed by atoms with E-state index in [-0.39, 0.29) is 23.6 Å². The Morgan fingerprint density at radius 2 is 2.04 bits per heavy atom. The first-order valence-electron chi connectivity index (χ1n) is 7.45. The zero-order chi connectivity index (χ0) is 17.7. The zero-order valence-electron chi connectivity index (χ0n) is 13.5. The first kappa shape index (κ1) is 17.9. The van der Waals surface area contributed by atoms with Crippen molar-refractivity contribution in [1.82, 2.24) is 9.97 Å². The van der Waals surface area contributed by atoms with Gasteiger partial charge in [-0.25, -0.2) is 13.4 Å². The Hall–Kier alpha value is -2.48. The number of aromatic amines is 1. The number of nitrogens with zero attached hydrogens (tertiary/aromatic N) is 1. The zero-order valence-corrected chi connectivity index (χ0v) is 14.3. The van der Waals surface area contributed by atoms with E-state index in [1.165, 1.54) is 6.07 Å². The molecule has 2 rings (SSSR count). The van der Waals surface area contributed by atoms with Crippen LogP contribution in [0.25, 0.3) is 11.4 Å². The molecule has 0 aliphatic heterocycles. The molecule has 0 unspecified atom stereocenters. The van der Waals surface area contributed by atoms with Crippen molar-refractivity contribution in [3.63, 3.8) is 0 Å². The first-order chi connectivity index (χ1) is 11.3. The van der Waals surface area contributed by atoms with Crippen LogP contribution in [0.3, 0.4) is 0 Å². The minimum absolute atomic E-state index is 0.108. The lowest BCUT2D eigenvalue weighted by molar-refractivity contribution is -0.115. The lowest BCUT2D eigenvalue weighted by atomic mass is 10.1. The summed E-state index contributed by atoms with van der Waals surface area (Å²) in [6, 6.07) is 8.30. The number of sulfone groups is 1. The first-order valence-corrected chi connectivity index (χ1v) is 9.51. The molecule has 0 fully saturated rings. The van der Waals surface area contributed by atoms with Crippen LogP contribution in [0.1, 0.15) is 19.0 Å². The highest BCUT2D eigenvalue weighted by molar-refractivity contribution is 7.90. The van der Waals surface area contributed by atoms with Gasteiger partial charge in [0.1, 0.15) is 15.7 Å². The summed E-state index contributed by atoms with van der Waals surface area (Å²) < 4.78 is 22.2. The van der Waals surface area contributed by atoms with Gasteiger partial charge in [-0.05, 0) is 18.6 Å². The van der Waals surface area contributed by atoms with Gasteiger partial charge in [-0.15, -0.1) is 0 Å². The molecule has 1 aromatic heterocycles. The predicted octanol–water partition coefficient (Wildman–Crippen LogP) is 1.37. The minimum Gasteiger partial charge on any atom is -0.326 e. The summed E-state index contributed by atoms with van der Waals surface area (Å²) >= 11 is 0. The molecule has 7 nitrogen and oxygen atoms in total. The smallest absolute Gasteiger partial charge is 0.251 e. The van der Waals surface area contributed by atoms with E-state index < -0.39 is 9.84 Å². The highest BCUT2D eigenvalue weighted by Crippen LogP contribution is 2.19. The molecule has 0 aliphatic carbocycles. The third-order valence-electron chi connectivity index (χ3n) is 3.28. The van der Waals surface area contributed by atoms with Crippen LogP contribution in [0.15, 0.2) is 35.1 Å². The third-order valence-corrected chi connectivity index (χ3v) is 4.22. The molecule has 128 valence electrons. The molecule has 1 aromatic carbocycles. The fourth-order valence-electron chi connectivity index (χ4n) is 2.07. The maximum absolute atomic E-state index is 11.8. The third kappa shape index (κ3) is 5.31. The van der Waals surface area contributed by atoms with E-state index in [9.17, 15) is 18.0 Å². The number of hydrogen-bond acceptors (Lipinski definition) is 5. The molecule has 0 bridgehead atoms. The number of carbonyl (C=O) groups is 1. The molecule has 0 saturated carbocycles. The fourth-order valence-corrected chi connectivity index (χ4v) is 2.63. The van der Waals surface area contributed by atoms with Gasteiger partial charge in [0, 0.05) is 35.7 Å². The maximum Gasteiger partial charge on any atom is 0.251 e. The molecule has 0 atom stereocenters. The molecular formula is C16H19N3O4S. The summed E-state index contributed by atoms with van der Waals surface area (Å²) in [6.07, 6.45) is 1.62. The van der Waals surface area contributed by atoms with Gasteiger partial charge in [0.2, 0.25) is 5.91 Å². The van der Waals surface area contributed by atoms with E-state index in [1.807, 2.05) is 6.92 Å². The molecule has 2 aromatic rings. The Morgan fingerprint density at radius 1 is 1.29 bits per heavy atom. The molecule has 24 heavy (non-hydrogen) atoms. The lowest BCUT2D eigenvalue weighted by Crippen LogP contribution is -2.16. The van der Waals surface area contributed by atoms with E-state index in [2.05, 4.69) is 15.3 Å². The summed E-state index contributed by atoms with van der Waals surface area (Å²) in [7, 11) is -3.19. The van der Waals surface area contributed by atoms with Crippen LogP contribution in [-0.2, 0) is 21.1 Å². The summed E-state index contributed by atoms with van der Waals surface area (Å²) in [5.41, 5.74) is 1.61. The van der Waals surface area contributed by atoms with Crippen molar-refractivity contribution in [2.45, 2.75) is 19.8 Å². The molecule has 2 N–H and O–H groups in total. The Labute approximate surface area is 140 Å². The minimum atomic E-state index is -3.19. The summed E-state index contributed by atoms with van der Waals surface area (Å²) in [5, 5.41) is 2.64. The Morgan fingerprint density at radius 3 is 2.71 bits per heavy atom. The number of anilines is 1. The average Bonchev–Trinajstić information content (AvgIpc) is 2.52. The average molecular weight is 349 g/mol. The number of aromatic nitrogens is 2. The number of amides is 1. The van der Waals surface area contributed by atoms with Gasteiger partial charge < -0.3 is 10.3 Å². The Balaban J connectivity index is 2.19. The maximum atomic E-state index is 11.8. The Kier molecular flexibility index (Phi) is 5.50. The molecule has 0 spiro atoms. The van der Waals surface area contributed by atoms with Gasteiger partial charge in [-0.1, -0.05) is 19.1 Å². The monoisotopic (exact) mass is 349 g/mol. The van der Waals surface area contributed by atoms with Crippen molar-refractivity contribution in [3.05, 3.63) is 46.4 Å². The topological polar surface area (TPSA) is 109 Å². The fraction of sp³-hybridized carbons (Fsp3) is 0.312. The molecule has 1 amide bonds. The van der Waals surface area contributed by atoms with Gasteiger partial charge in [-0.2, -0.15) is 0 Å². The van der Waals surface area contributed by atoms with E-state index in [4.69, 9.17) is 0 Å². The van der Waals surface area contributed by atoms with Gasteiger partial charge >= 0.3 is 0 Å². The number of hydrogen-bond donors (Lipinski definition) is 2. The molecular weight excluding hydrogens is 330 g/mol. The van der Waals surface area contributed by atoms with Crippen LogP contribution in [-0.4, -0.2) is 36.3 Å². The van der Waals surface area contributed by atoms with Crippen molar-refractivity contribution in [2.75, 3.05) is 17.3 Å². The van der Waals surface area contributed by atoms with Gasteiger partial charge in [0.05, 0.1) is 5.75 Å². The van der Waals surface area contributed by atoms with E-state index in [0.29, 0.717) is 29.2 Å². The van der Waals surface area contributed by atoms with Gasteiger partial charge in [0.25, 0.3) is 5.56 Å². The molecule has 1 heterocycles. The van der Waals surface area contributed by atoms with Crippen molar-refractivity contribution in [3.8, 4) is 11.4 Å². The standard InChI is InChI=1S/C16H19N3O4S/c1-3-12-10-15(21)19-16(18-12)11-5-4-6-13(9-11)17-14(20)7-8-24(2,22)23/h4-6,9-10H,3,7-8H2,1-2H3,(H,17,20)(H,18,19,21). The van der Waals surface area contributed by atoms with Gasteiger partial charge in [0.15, 0.2) is 0 Å². The van der Waals surface area contributed by atoms with E-state index >= 15 is 0 Å². The second kappa shape index (κ2) is 7.39. The SMILES string of the molecule is CCc1cc(=O)[nH]c(-c2cccc(NC(=O)CCS(C)(=O)=O)c2)n1. The highest BCUT2D eigenvalue weighted by atomic mass is 32.2. The van der Waals surface area contributed by atoms with Crippen LogP contribution in [0.2, 0.25) is 0 Å². The quantitative estimate of drug-likeness (QED) is 0.819. The van der Waals surface area contributed by atoms with Crippen LogP contribution >= 0.6 is 0 Å². The van der Waals surface area contributed by atoms with E-state index in [0.717, 1.165) is 6.26 Å². The summed E-state index contributed by atoms with van der Waals surface area (Å²) in [5.74, 6) is -0.167. The second-order valence-corrected chi connectivity index (χ2v) is 7.71. The lowest BCUT2D eigenvalue weighted by Gasteiger charge is -2.08. The molecule has 8 heteroatoms. The highest BCUT2D eigenvalue weighted by Gasteiger charge is 2.09. The molecule has 0 radical (unpaired) electrons. The number of aryl methyl sites for hydroxylation is 1. The van der Waals surface area contributed by atoms with Gasteiger partial charge in [-0.3, -0.25) is 9.59 Å². The van der Waals surface area contributed by atoms with Crippen LogP contribution in [0.4, 0.5) is 5.69 Å². The predicted molar refractivity (Wildman–Crippen MR) is 92.6 cm³/mol. The molecule has 0 aliphatic rings. The van der Waals surface area contributed by atoms with E-state index in [1.54, 1.807) is 24.3 Å².